The lowest BCUT2D eigenvalue weighted by Crippen LogP contribution is -1.96. The first-order valence-electron chi connectivity index (χ1n) is 5.08. The van der Waals surface area contributed by atoms with Crippen LogP contribution in [0.15, 0.2) is 36.4 Å². The van der Waals surface area contributed by atoms with Gasteiger partial charge in [-0.25, -0.2) is 9.59 Å². The molecule has 19 heavy (non-hydrogen) atoms. The van der Waals surface area contributed by atoms with Crippen molar-refractivity contribution in [2.75, 3.05) is 0 Å². The number of aromatic nitrogens is 2. The molecular formula is C11H5BrN2O5. The van der Waals surface area contributed by atoms with Crippen molar-refractivity contribution >= 4 is 33.0 Å². The Morgan fingerprint density at radius 3 is 2.89 bits per heavy atom. The van der Waals surface area contributed by atoms with Crippen molar-refractivity contribution < 1.29 is 18.8 Å². The number of rotatable bonds is 2. The minimum Gasteiger partial charge on any atom is -0.476 e. The summed E-state index contributed by atoms with van der Waals surface area (Å²) in [5.74, 6) is -1.51. The second-order valence-electron chi connectivity index (χ2n) is 3.70. The SMILES string of the molecule is O=C(O)c1noc(-c2ccc3[nH]c(=O)oc3c2)c1Br. The lowest BCUT2D eigenvalue weighted by Gasteiger charge is -1.96. The summed E-state index contributed by atoms with van der Waals surface area (Å²) >= 11 is 3.12. The van der Waals surface area contributed by atoms with Gasteiger partial charge >= 0.3 is 11.7 Å². The predicted octanol–water partition coefficient (Wildman–Crippen LogP) is 2.24. The number of hydrogen-bond acceptors (Lipinski definition) is 5. The minimum absolute atomic E-state index is 0.217. The van der Waals surface area contributed by atoms with Crippen LogP contribution in [-0.2, 0) is 0 Å². The summed E-state index contributed by atoms with van der Waals surface area (Å²) < 4.78 is 10.1. The largest absolute Gasteiger partial charge is 0.476 e. The topological polar surface area (TPSA) is 109 Å². The molecule has 2 heterocycles. The summed E-state index contributed by atoms with van der Waals surface area (Å²) in [6, 6.07) is 4.85. The van der Waals surface area contributed by atoms with Gasteiger partial charge in [0, 0.05) is 5.56 Å². The number of oxazole rings is 1. The molecule has 2 N–H and O–H groups in total. The summed E-state index contributed by atoms with van der Waals surface area (Å²) in [7, 11) is 0. The number of nitrogens with one attached hydrogen (secondary N) is 1. The van der Waals surface area contributed by atoms with E-state index in [1.54, 1.807) is 18.2 Å². The van der Waals surface area contributed by atoms with E-state index < -0.39 is 11.7 Å². The van der Waals surface area contributed by atoms with E-state index in [4.69, 9.17) is 14.0 Å². The molecule has 0 saturated heterocycles. The highest BCUT2D eigenvalue weighted by Crippen LogP contribution is 2.32. The van der Waals surface area contributed by atoms with Gasteiger partial charge < -0.3 is 14.0 Å². The normalized spacial score (nSPS) is 11.0. The summed E-state index contributed by atoms with van der Waals surface area (Å²) in [6.07, 6.45) is 0. The van der Waals surface area contributed by atoms with Crippen molar-refractivity contribution in [2.45, 2.75) is 0 Å². The second kappa shape index (κ2) is 4.09. The number of carbonyl (C=O) groups is 1. The van der Waals surface area contributed by atoms with Crippen LogP contribution in [0, 0.1) is 0 Å². The fraction of sp³-hybridized carbons (Fsp3) is 0. The summed E-state index contributed by atoms with van der Waals surface area (Å²) in [4.78, 5) is 24.4. The average Bonchev–Trinajstić information content (AvgIpc) is 2.89. The van der Waals surface area contributed by atoms with Crippen molar-refractivity contribution in [1.82, 2.24) is 10.1 Å². The van der Waals surface area contributed by atoms with Crippen LogP contribution in [-0.4, -0.2) is 21.2 Å². The Morgan fingerprint density at radius 1 is 1.42 bits per heavy atom. The number of fused-ring (bicyclic) bond motifs is 1. The molecule has 0 amide bonds. The zero-order valence-electron chi connectivity index (χ0n) is 9.14. The van der Waals surface area contributed by atoms with Crippen molar-refractivity contribution in [3.8, 4) is 11.3 Å². The van der Waals surface area contributed by atoms with Gasteiger partial charge in [-0.15, -0.1) is 0 Å². The number of aromatic carboxylic acids is 1. The standard InChI is InChI=1S/C11H5BrN2O5/c12-7-8(10(15)16)14-19-9(7)4-1-2-5-6(3-4)18-11(17)13-5/h1-3H,(H,13,17)(H,15,16). The lowest BCUT2D eigenvalue weighted by atomic mass is 10.1. The molecule has 0 atom stereocenters. The van der Waals surface area contributed by atoms with E-state index in [1.807, 2.05) is 0 Å². The fourth-order valence-corrected chi connectivity index (χ4v) is 2.22. The van der Waals surface area contributed by atoms with Crippen molar-refractivity contribution in [3.63, 3.8) is 0 Å². The van der Waals surface area contributed by atoms with E-state index in [9.17, 15) is 9.59 Å². The lowest BCUT2D eigenvalue weighted by molar-refractivity contribution is 0.0685. The third kappa shape index (κ3) is 1.85. The van der Waals surface area contributed by atoms with Crippen LogP contribution in [0.1, 0.15) is 10.5 Å². The van der Waals surface area contributed by atoms with Crippen LogP contribution in [0.5, 0.6) is 0 Å². The van der Waals surface area contributed by atoms with Crippen molar-refractivity contribution in [3.05, 3.63) is 38.9 Å². The Balaban J connectivity index is 2.18. The van der Waals surface area contributed by atoms with E-state index in [0.29, 0.717) is 16.7 Å². The Bertz CT molecular complexity index is 844. The summed E-state index contributed by atoms with van der Waals surface area (Å²) in [5, 5.41) is 12.3. The molecule has 3 rings (SSSR count). The molecule has 0 radical (unpaired) electrons. The fourth-order valence-electron chi connectivity index (χ4n) is 1.68. The van der Waals surface area contributed by atoms with Crippen molar-refractivity contribution in [2.24, 2.45) is 0 Å². The Labute approximate surface area is 112 Å². The quantitative estimate of drug-likeness (QED) is 0.748. The summed E-state index contributed by atoms with van der Waals surface area (Å²) in [5.41, 5.74) is 1.22. The number of carboxylic acids is 1. The van der Waals surface area contributed by atoms with E-state index in [1.165, 1.54) is 0 Å². The molecule has 7 nitrogen and oxygen atoms in total. The Morgan fingerprint density at radius 2 is 2.21 bits per heavy atom. The van der Waals surface area contributed by atoms with Crippen LogP contribution in [0.3, 0.4) is 0 Å². The molecule has 0 aliphatic carbocycles. The van der Waals surface area contributed by atoms with E-state index >= 15 is 0 Å². The number of hydrogen-bond donors (Lipinski definition) is 2. The Hall–Kier alpha value is -2.35. The van der Waals surface area contributed by atoms with E-state index in [2.05, 4.69) is 26.1 Å². The second-order valence-corrected chi connectivity index (χ2v) is 4.50. The maximum absolute atomic E-state index is 11.1. The molecule has 0 unspecified atom stereocenters. The Kier molecular flexibility index (Phi) is 2.53. The molecule has 3 aromatic rings. The molecule has 0 fully saturated rings. The number of aromatic amines is 1. The number of benzene rings is 1. The molecule has 0 bridgehead atoms. The maximum atomic E-state index is 11.1. The van der Waals surface area contributed by atoms with Crippen molar-refractivity contribution in [1.29, 1.82) is 0 Å². The van der Waals surface area contributed by atoms with Gasteiger partial charge in [0.1, 0.15) is 4.47 Å². The maximum Gasteiger partial charge on any atom is 0.417 e. The molecule has 0 aliphatic rings. The van der Waals surface area contributed by atoms with Crippen LogP contribution in [0.4, 0.5) is 0 Å². The third-order valence-electron chi connectivity index (χ3n) is 2.52. The van der Waals surface area contributed by atoms with Crippen LogP contribution in [0.2, 0.25) is 0 Å². The molecular weight excluding hydrogens is 320 g/mol. The minimum atomic E-state index is -1.20. The van der Waals surface area contributed by atoms with Gasteiger partial charge in [-0.05, 0) is 34.1 Å². The van der Waals surface area contributed by atoms with Crippen LogP contribution >= 0.6 is 15.9 Å². The highest BCUT2D eigenvalue weighted by Gasteiger charge is 2.20. The molecule has 1 aromatic carbocycles. The monoisotopic (exact) mass is 324 g/mol. The zero-order chi connectivity index (χ0) is 13.6. The number of nitrogens with zero attached hydrogens (tertiary/aromatic N) is 1. The first-order chi connectivity index (χ1) is 9.06. The third-order valence-corrected chi connectivity index (χ3v) is 3.26. The van der Waals surface area contributed by atoms with Gasteiger partial charge in [-0.1, -0.05) is 5.16 Å². The first kappa shape index (κ1) is 11.7. The number of H-pyrrole nitrogens is 1. The number of halogens is 1. The van der Waals surface area contributed by atoms with Gasteiger partial charge in [0.25, 0.3) is 0 Å². The van der Waals surface area contributed by atoms with Gasteiger partial charge in [-0.2, -0.15) is 0 Å². The van der Waals surface area contributed by atoms with E-state index in [0.717, 1.165) is 0 Å². The molecule has 0 spiro atoms. The van der Waals surface area contributed by atoms with Crippen LogP contribution < -0.4 is 5.76 Å². The molecule has 96 valence electrons. The molecule has 0 aliphatic heterocycles. The molecule has 8 heteroatoms. The highest BCUT2D eigenvalue weighted by molar-refractivity contribution is 9.10. The summed E-state index contributed by atoms with van der Waals surface area (Å²) in [6.45, 7) is 0. The van der Waals surface area contributed by atoms with Gasteiger partial charge in [-0.3, -0.25) is 4.98 Å². The molecule has 2 aromatic heterocycles. The zero-order valence-corrected chi connectivity index (χ0v) is 10.7. The van der Waals surface area contributed by atoms with Crippen LogP contribution in [0.25, 0.3) is 22.4 Å². The average molecular weight is 325 g/mol. The predicted molar refractivity (Wildman–Crippen MR) is 67.0 cm³/mol. The number of carboxylic acid groups (broad SMARTS) is 1. The smallest absolute Gasteiger partial charge is 0.417 e. The highest BCUT2D eigenvalue weighted by atomic mass is 79.9. The van der Waals surface area contributed by atoms with Gasteiger partial charge in [0.05, 0.1) is 5.52 Å². The molecule has 0 saturated carbocycles. The first-order valence-corrected chi connectivity index (χ1v) is 5.87. The van der Waals surface area contributed by atoms with E-state index in [-0.39, 0.29) is 15.9 Å². The van der Waals surface area contributed by atoms with Gasteiger partial charge in [0.2, 0.25) is 5.69 Å². The van der Waals surface area contributed by atoms with Gasteiger partial charge in [0.15, 0.2) is 11.3 Å².